The molecule has 114 valence electrons. The van der Waals surface area contributed by atoms with Gasteiger partial charge in [0.1, 0.15) is 16.7 Å². The number of nitrogens with zero attached hydrogens (tertiary/aromatic N) is 2. The highest BCUT2D eigenvalue weighted by Crippen LogP contribution is 2.37. The molecule has 4 rings (SSSR count). The average molecular weight is 310 g/mol. The second-order valence-corrected chi connectivity index (χ2v) is 7.82. The third kappa shape index (κ3) is 2.11. The third-order valence-electron chi connectivity index (χ3n) is 4.48. The molecule has 0 saturated carbocycles. The van der Waals surface area contributed by atoms with Crippen molar-refractivity contribution in [1.29, 1.82) is 0 Å². The van der Waals surface area contributed by atoms with Crippen molar-refractivity contribution in [1.82, 2.24) is 4.31 Å². The highest BCUT2D eigenvalue weighted by molar-refractivity contribution is 7.89. The number of hydrogen-bond donors (Lipinski definition) is 1. The van der Waals surface area contributed by atoms with Gasteiger partial charge >= 0.3 is 0 Å². The van der Waals surface area contributed by atoms with E-state index >= 15 is 0 Å². The monoisotopic (exact) mass is 310 g/mol. The van der Waals surface area contributed by atoms with Crippen LogP contribution >= 0.6 is 0 Å². The Morgan fingerprint density at radius 1 is 1.19 bits per heavy atom. The second kappa shape index (κ2) is 4.59. The van der Waals surface area contributed by atoms with Crippen LogP contribution in [0.25, 0.3) is 0 Å². The standard InChI is InChI=1S/C14H18N2O4S/c17-11-3-5-15(8-11)10-1-2-14-13(7-10)20-12-4-6-16(9-12)21(14,18)19/h1-2,7,11-12,17H,3-6,8-9H2/t11-,12+/m0/s1. The number of benzene rings is 1. The van der Waals surface area contributed by atoms with Crippen molar-refractivity contribution in [2.75, 3.05) is 31.1 Å². The van der Waals surface area contributed by atoms with Crippen LogP contribution in [-0.2, 0) is 10.0 Å². The minimum Gasteiger partial charge on any atom is -0.487 e. The highest BCUT2D eigenvalue weighted by atomic mass is 32.2. The maximum absolute atomic E-state index is 12.6. The molecule has 6 nitrogen and oxygen atoms in total. The van der Waals surface area contributed by atoms with Gasteiger partial charge in [0, 0.05) is 31.4 Å². The van der Waals surface area contributed by atoms with Crippen LogP contribution in [0.2, 0.25) is 0 Å². The summed E-state index contributed by atoms with van der Waals surface area (Å²) in [6.07, 6.45) is 1.12. The zero-order valence-corrected chi connectivity index (χ0v) is 12.4. The van der Waals surface area contributed by atoms with Crippen molar-refractivity contribution in [2.24, 2.45) is 0 Å². The molecule has 2 saturated heterocycles. The van der Waals surface area contributed by atoms with Gasteiger partial charge in [-0.25, -0.2) is 8.42 Å². The maximum Gasteiger partial charge on any atom is 0.246 e. The topological polar surface area (TPSA) is 70.1 Å². The van der Waals surface area contributed by atoms with Gasteiger partial charge in [0.25, 0.3) is 0 Å². The van der Waals surface area contributed by atoms with Crippen molar-refractivity contribution in [3.05, 3.63) is 18.2 Å². The molecular formula is C14H18N2O4S. The molecule has 0 amide bonds. The van der Waals surface area contributed by atoms with Crippen LogP contribution in [0.4, 0.5) is 5.69 Å². The van der Waals surface area contributed by atoms with E-state index < -0.39 is 10.0 Å². The maximum atomic E-state index is 12.6. The van der Waals surface area contributed by atoms with E-state index in [4.69, 9.17) is 4.74 Å². The van der Waals surface area contributed by atoms with Crippen molar-refractivity contribution < 1.29 is 18.3 Å². The SMILES string of the molecule is O=S1(=O)c2ccc(N3CC[C@H](O)C3)cc2O[C@@H]2CCN1C2. The summed E-state index contributed by atoms with van der Waals surface area (Å²) < 4.78 is 32.5. The lowest BCUT2D eigenvalue weighted by Gasteiger charge is -2.21. The van der Waals surface area contributed by atoms with Crippen molar-refractivity contribution in [3.8, 4) is 5.75 Å². The minimum atomic E-state index is -3.44. The zero-order valence-electron chi connectivity index (χ0n) is 11.6. The molecule has 1 unspecified atom stereocenters. The Kier molecular flexibility index (Phi) is 2.92. The summed E-state index contributed by atoms with van der Waals surface area (Å²) in [5.41, 5.74) is 0.910. The fourth-order valence-corrected chi connectivity index (χ4v) is 4.89. The molecule has 2 fully saturated rings. The van der Waals surface area contributed by atoms with Gasteiger partial charge in [0.15, 0.2) is 0 Å². The Bertz CT molecular complexity index is 676. The number of fused-ring (bicyclic) bond motifs is 3. The van der Waals surface area contributed by atoms with E-state index in [0.29, 0.717) is 25.4 Å². The number of β-amino-alcohol motifs (C(OH)–C–C–N with tert-alkyl or cyclic N) is 1. The molecule has 3 heterocycles. The summed E-state index contributed by atoms with van der Waals surface area (Å²) in [6.45, 7) is 2.34. The number of aliphatic hydroxyl groups is 1. The van der Waals surface area contributed by atoms with E-state index in [2.05, 4.69) is 4.90 Å². The van der Waals surface area contributed by atoms with Crippen LogP contribution in [0.1, 0.15) is 12.8 Å². The summed E-state index contributed by atoms with van der Waals surface area (Å²) in [5, 5.41) is 9.64. The molecule has 0 aliphatic carbocycles. The lowest BCUT2D eigenvalue weighted by Crippen LogP contribution is -2.28. The number of anilines is 1. The molecule has 2 bridgehead atoms. The third-order valence-corrected chi connectivity index (χ3v) is 6.38. The Morgan fingerprint density at radius 3 is 2.81 bits per heavy atom. The Hall–Kier alpha value is -1.31. The predicted molar refractivity (Wildman–Crippen MR) is 77.1 cm³/mol. The van der Waals surface area contributed by atoms with Crippen LogP contribution < -0.4 is 9.64 Å². The molecular weight excluding hydrogens is 292 g/mol. The summed E-state index contributed by atoms with van der Waals surface area (Å²) >= 11 is 0. The Morgan fingerprint density at radius 2 is 2.05 bits per heavy atom. The van der Waals surface area contributed by atoms with E-state index in [0.717, 1.165) is 25.1 Å². The molecule has 1 aromatic rings. The van der Waals surface area contributed by atoms with E-state index in [-0.39, 0.29) is 17.1 Å². The average Bonchev–Trinajstić information content (AvgIpc) is 3.05. The largest absolute Gasteiger partial charge is 0.487 e. The van der Waals surface area contributed by atoms with Gasteiger partial charge in [-0.15, -0.1) is 0 Å². The fraction of sp³-hybridized carbons (Fsp3) is 0.571. The van der Waals surface area contributed by atoms with E-state index in [1.54, 1.807) is 18.2 Å². The first-order chi connectivity index (χ1) is 10.0. The molecule has 21 heavy (non-hydrogen) atoms. The second-order valence-electron chi connectivity index (χ2n) is 5.91. The number of aliphatic hydroxyl groups excluding tert-OH is 1. The van der Waals surface area contributed by atoms with Crippen LogP contribution in [-0.4, -0.2) is 56.2 Å². The van der Waals surface area contributed by atoms with Crippen LogP contribution in [0.5, 0.6) is 5.75 Å². The van der Waals surface area contributed by atoms with Crippen LogP contribution in [0, 0.1) is 0 Å². The molecule has 1 aromatic carbocycles. The first kappa shape index (κ1) is 13.4. The number of sulfonamides is 1. The minimum absolute atomic E-state index is 0.0551. The number of hydrogen-bond acceptors (Lipinski definition) is 5. The quantitative estimate of drug-likeness (QED) is 0.814. The van der Waals surface area contributed by atoms with Crippen LogP contribution in [0.3, 0.4) is 0 Å². The van der Waals surface area contributed by atoms with Gasteiger partial charge in [-0.2, -0.15) is 4.31 Å². The summed E-state index contributed by atoms with van der Waals surface area (Å²) in [7, 11) is -3.44. The first-order valence-corrected chi connectivity index (χ1v) is 8.72. The number of rotatable bonds is 1. The van der Waals surface area contributed by atoms with Gasteiger partial charge < -0.3 is 14.7 Å². The van der Waals surface area contributed by atoms with Gasteiger partial charge in [-0.3, -0.25) is 0 Å². The Labute approximate surface area is 124 Å². The lowest BCUT2D eigenvalue weighted by atomic mass is 10.2. The van der Waals surface area contributed by atoms with Gasteiger partial charge in [0.2, 0.25) is 10.0 Å². The van der Waals surface area contributed by atoms with E-state index in [9.17, 15) is 13.5 Å². The van der Waals surface area contributed by atoms with Crippen molar-refractivity contribution in [2.45, 2.75) is 29.9 Å². The van der Waals surface area contributed by atoms with Gasteiger partial charge in [-0.05, 0) is 25.0 Å². The molecule has 3 aliphatic heterocycles. The Balaban J connectivity index is 1.75. The predicted octanol–water partition coefficient (Wildman–Crippen LogP) is 0.413. The smallest absolute Gasteiger partial charge is 0.246 e. The summed E-state index contributed by atoms with van der Waals surface area (Å²) in [6, 6.07) is 5.23. The summed E-state index contributed by atoms with van der Waals surface area (Å²) in [4.78, 5) is 2.32. The highest BCUT2D eigenvalue weighted by Gasteiger charge is 2.39. The van der Waals surface area contributed by atoms with E-state index in [1.165, 1.54) is 4.31 Å². The molecule has 3 atom stereocenters. The first-order valence-electron chi connectivity index (χ1n) is 7.28. The lowest BCUT2D eigenvalue weighted by molar-refractivity contribution is 0.198. The molecule has 0 spiro atoms. The summed E-state index contributed by atoms with van der Waals surface area (Å²) in [5.74, 6) is 0.445. The molecule has 1 N–H and O–H groups in total. The zero-order chi connectivity index (χ0) is 14.6. The molecule has 7 heteroatoms. The molecule has 0 radical (unpaired) electrons. The van der Waals surface area contributed by atoms with Gasteiger partial charge in [0.05, 0.1) is 12.6 Å². The van der Waals surface area contributed by atoms with Gasteiger partial charge in [-0.1, -0.05) is 0 Å². The normalized spacial score (nSPS) is 33.4. The van der Waals surface area contributed by atoms with Crippen molar-refractivity contribution >= 4 is 15.7 Å². The fourth-order valence-electron chi connectivity index (χ4n) is 3.31. The molecule has 0 aromatic heterocycles. The van der Waals surface area contributed by atoms with E-state index in [1.807, 2.05) is 0 Å². The molecule has 3 aliphatic rings. The number of ether oxygens (including phenoxy) is 1. The van der Waals surface area contributed by atoms with Crippen molar-refractivity contribution in [3.63, 3.8) is 0 Å². The van der Waals surface area contributed by atoms with Crippen LogP contribution in [0.15, 0.2) is 23.1 Å².